The summed E-state index contributed by atoms with van der Waals surface area (Å²) in [5.74, 6) is -0.104. The Kier molecular flexibility index (Phi) is 5.64. The molecule has 0 spiro atoms. The summed E-state index contributed by atoms with van der Waals surface area (Å²) in [6.07, 6.45) is 0. The van der Waals surface area contributed by atoms with Crippen LogP contribution < -0.4 is 0 Å². The van der Waals surface area contributed by atoms with Crippen molar-refractivity contribution in [1.82, 2.24) is 0 Å². The second kappa shape index (κ2) is 7.80. The Morgan fingerprint density at radius 2 is 1.81 bits per heavy atom. The highest BCUT2D eigenvalue weighted by atomic mass is 32.2. The Bertz CT molecular complexity index is 1080. The molecule has 3 rings (SSSR count). The lowest BCUT2D eigenvalue weighted by atomic mass is 10.1. The van der Waals surface area contributed by atoms with Crippen molar-refractivity contribution in [3.05, 3.63) is 64.4 Å². The second-order valence-electron chi connectivity index (χ2n) is 5.84. The number of rotatable bonds is 5. The van der Waals surface area contributed by atoms with Gasteiger partial charge in [-0.05, 0) is 61.5 Å². The number of aryl methyl sites for hydroxylation is 1. The van der Waals surface area contributed by atoms with Gasteiger partial charge in [-0.1, -0.05) is 30.3 Å². The van der Waals surface area contributed by atoms with E-state index in [9.17, 15) is 13.5 Å². The molecule has 0 amide bonds. The minimum Gasteiger partial charge on any atom is -0.508 e. The Balaban J connectivity index is 2.08. The Morgan fingerprint density at radius 1 is 1.11 bits per heavy atom. The highest BCUT2D eigenvalue weighted by Gasteiger charge is 2.25. The molecule has 0 aliphatic carbocycles. The molecule has 0 radical (unpaired) electrons. The van der Waals surface area contributed by atoms with Crippen LogP contribution in [-0.4, -0.2) is 25.2 Å². The molecule has 0 bridgehead atoms. The first-order chi connectivity index (χ1) is 12.8. The minimum absolute atomic E-state index is 0.0381. The zero-order valence-electron chi connectivity index (χ0n) is 14.8. The van der Waals surface area contributed by atoms with E-state index >= 15 is 0 Å². The predicted molar refractivity (Wildman–Crippen MR) is 111 cm³/mol. The summed E-state index contributed by atoms with van der Waals surface area (Å²) in [7, 11) is -3.82. The summed E-state index contributed by atoms with van der Waals surface area (Å²) in [4.78, 5) is 1.44. The highest BCUT2D eigenvalue weighted by Crippen LogP contribution is 2.34. The standard InChI is InChI=1S/C20H18O4S3/c1-3-24-20(25)18-12-19(13(2)26-18)27(22,23)17-10-15(9-16(21)11-17)14-7-5-4-6-8-14/h4-12,21H,3H2,1-2H3. The van der Waals surface area contributed by atoms with Crippen molar-refractivity contribution in [3.8, 4) is 16.9 Å². The average molecular weight is 419 g/mol. The van der Waals surface area contributed by atoms with E-state index in [1.165, 1.54) is 17.4 Å². The van der Waals surface area contributed by atoms with Gasteiger partial charge in [0.05, 0.1) is 21.3 Å². The molecule has 7 heteroatoms. The van der Waals surface area contributed by atoms with Crippen molar-refractivity contribution in [2.75, 3.05) is 6.61 Å². The van der Waals surface area contributed by atoms with Crippen LogP contribution in [0.15, 0.2) is 64.4 Å². The number of hydrogen-bond donors (Lipinski definition) is 1. The fourth-order valence-corrected chi connectivity index (χ4v) is 5.80. The van der Waals surface area contributed by atoms with Crippen molar-refractivity contribution in [2.45, 2.75) is 23.6 Å². The van der Waals surface area contributed by atoms with E-state index in [1.54, 1.807) is 25.1 Å². The van der Waals surface area contributed by atoms with Crippen LogP contribution in [0.5, 0.6) is 5.75 Å². The van der Waals surface area contributed by atoms with Crippen molar-refractivity contribution < 1.29 is 18.3 Å². The van der Waals surface area contributed by atoms with Crippen LogP contribution in [0.2, 0.25) is 0 Å². The van der Waals surface area contributed by atoms with Crippen molar-refractivity contribution in [2.24, 2.45) is 0 Å². The molecule has 1 heterocycles. The van der Waals surface area contributed by atoms with Crippen LogP contribution in [-0.2, 0) is 14.6 Å². The van der Waals surface area contributed by atoms with Crippen molar-refractivity contribution in [3.63, 3.8) is 0 Å². The molecule has 3 aromatic rings. The van der Waals surface area contributed by atoms with Crippen molar-refractivity contribution >= 4 is 38.4 Å². The van der Waals surface area contributed by atoms with Crippen LogP contribution in [0.4, 0.5) is 0 Å². The van der Waals surface area contributed by atoms with E-state index in [2.05, 4.69) is 0 Å². The molecule has 0 atom stereocenters. The van der Waals surface area contributed by atoms with Crippen LogP contribution in [0.3, 0.4) is 0 Å². The minimum atomic E-state index is -3.82. The quantitative estimate of drug-likeness (QED) is 0.593. The first-order valence-corrected chi connectivity index (χ1v) is 11.0. The van der Waals surface area contributed by atoms with E-state index in [4.69, 9.17) is 17.0 Å². The number of aromatic hydroxyl groups is 1. The highest BCUT2D eigenvalue weighted by molar-refractivity contribution is 7.91. The van der Waals surface area contributed by atoms with Gasteiger partial charge < -0.3 is 9.84 Å². The Labute approximate surface area is 168 Å². The maximum Gasteiger partial charge on any atom is 0.207 e. The third-order valence-electron chi connectivity index (χ3n) is 3.95. The first kappa shape index (κ1) is 19.5. The first-order valence-electron chi connectivity index (χ1n) is 8.25. The SMILES string of the molecule is CCOC(=S)c1cc(S(=O)(=O)c2cc(O)cc(-c3ccccc3)c2)c(C)s1. The van der Waals surface area contributed by atoms with Crippen LogP contribution in [0.25, 0.3) is 11.1 Å². The third-order valence-corrected chi connectivity index (χ3v) is 7.45. The molecular weight excluding hydrogens is 400 g/mol. The summed E-state index contributed by atoms with van der Waals surface area (Å²) in [6.45, 7) is 3.98. The molecule has 0 aliphatic heterocycles. The Hall–Kier alpha value is -2.22. The lowest BCUT2D eigenvalue weighted by Gasteiger charge is -2.08. The van der Waals surface area contributed by atoms with Gasteiger partial charge in [0.25, 0.3) is 0 Å². The Morgan fingerprint density at radius 3 is 2.48 bits per heavy atom. The monoisotopic (exact) mass is 418 g/mol. The van der Waals surface area contributed by atoms with E-state index in [1.807, 2.05) is 37.3 Å². The van der Waals surface area contributed by atoms with E-state index in [0.717, 1.165) is 5.56 Å². The lowest BCUT2D eigenvalue weighted by molar-refractivity contribution is 0.338. The van der Waals surface area contributed by atoms with E-state index in [0.29, 0.717) is 21.9 Å². The van der Waals surface area contributed by atoms with Gasteiger partial charge in [0.15, 0.2) is 0 Å². The normalized spacial score (nSPS) is 11.3. The number of phenols is 1. The fraction of sp³-hybridized carbons (Fsp3) is 0.150. The molecule has 0 saturated heterocycles. The molecule has 0 saturated carbocycles. The van der Waals surface area contributed by atoms with Gasteiger partial charge in [-0.2, -0.15) is 0 Å². The summed E-state index contributed by atoms with van der Waals surface area (Å²) >= 11 is 6.47. The predicted octanol–water partition coefficient (Wildman–Crippen LogP) is 4.97. The van der Waals surface area contributed by atoms with Gasteiger partial charge in [0.2, 0.25) is 14.9 Å². The van der Waals surface area contributed by atoms with E-state index < -0.39 is 9.84 Å². The van der Waals surface area contributed by atoms with Gasteiger partial charge in [-0.15, -0.1) is 11.3 Å². The summed E-state index contributed by atoms with van der Waals surface area (Å²) in [5.41, 5.74) is 1.46. The van der Waals surface area contributed by atoms with Crippen molar-refractivity contribution in [1.29, 1.82) is 0 Å². The summed E-state index contributed by atoms with van der Waals surface area (Å²) in [5, 5.41) is 10.4. The molecule has 0 aliphatic rings. The summed E-state index contributed by atoms with van der Waals surface area (Å²) in [6, 6.07) is 15.2. The molecule has 1 N–H and O–H groups in total. The largest absolute Gasteiger partial charge is 0.508 e. The molecule has 140 valence electrons. The van der Waals surface area contributed by atoms with Gasteiger partial charge in [0, 0.05) is 4.88 Å². The molecular formula is C20H18O4S3. The number of hydrogen-bond acceptors (Lipinski definition) is 6. The molecule has 4 nitrogen and oxygen atoms in total. The fourth-order valence-electron chi connectivity index (χ4n) is 2.70. The summed E-state index contributed by atoms with van der Waals surface area (Å²) < 4.78 is 31.7. The number of phenolic OH excluding ortho intramolecular Hbond substituents is 1. The van der Waals surface area contributed by atoms with Gasteiger partial charge in [0.1, 0.15) is 5.75 Å². The smallest absolute Gasteiger partial charge is 0.207 e. The maximum absolute atomic E-state index is 13.2. The molecule has 0 unspecified atom stereocenters. The third kappa shape index (κ3) is 4.05. The molecule has 27 heavy (non-hydrogen) atoms. The number of benzene rings is 2. The zero-order chi connectivity index (χ0) is 19.6. The molecule has 1 aromatic heterocycles. The average Bonchev–Trinajstić information content (AvgIpc) is 3.05. The number of thiocarbonyl (C=S) groups is 1. The number of thiophene rings is 1. The number of ether oxygens (including phenoxy) is 1. The number of sulfone groups is 1. The second-order valence-corrected chi connectivity index (χ2v) is 9.38. The maximum atomic E-state index is 13.2. The van der Waals surface area contributed by atoms with Crippen LogP contribution in [0, 0.1) is 6.92 Å². The molecule has 2 aromatic carbocycles. The molecule has 0 fully saturated rings. The van der Waals surface area contributed by atoms with Crippen LogP contribution >= 0.6 is 23.6 Å². The zero-order valence-corrected chi connectivity index (χ0v) is 17.2. The lowest BCUT2D eigenvalue weighted by Crippen LogP contribution is -2.03. The van der Waals surface area contributed by atoms with Crippen LogP contribution in [0.1, 0.15) is 16.7 Å². The van der Waals surface area contributed by atoms with Gasteiger partial charge >= 0.3 is 0 Å². The van der Waals surface area contributed by atoms with E-state index in [-0.39, 0.29) is 20.6 Å². The van der Waals surface area contributed by atoms with Gasteiger partial charge in [-0.3, -0.25) is 0 Å². The van der Waals surface area contributed by atoms with Gasteiger partial charge in [-0.25, -0.2) is 8.42 Å². The topological polar surface area (TPSA) is 63.6 Å².